The molecule has 1 unspecified atom stereocenters. The fraction of sp³-hybridized carbons (Fsp3) is 0.500. The molecule has 14 heavy (non-hydrogen) atoms. The second kappa shape index (κ2) is 6.57. The van der Waals surface area contributed by atoms with Gasteiger partial charge in [-0.2, -0.15) is 0 Å². The van der Waals surface area contributed by atoms with E-state index in [1.165, 1.54) is 24.8 Å². The van der Waals surface area contributed by atoms with Crippen LogP contribution in [0.15, 0.2) is 30.3 Å². The first kappa shape index (κ1) is 11.2. The van der Waals surface area contributed by atoms with Crippen LogP contribution in [0.25, 0.3) is 0 Å². The van der Waals surface area contributed by atoms with Crippen LogP contribution in [-0.2, 0) is 0 Å². The Balaban J connectivity index is 2.46. The SMILES string of the molecule is CCCCCC(NN)c1ccccc1. The highest BCUT2D eigenvalue weighted by atomic mass is 15.2. The minimum atomic E-state index is 0.308. The van der Waals surface area contributed by atoms with Crippen molar-refractivity contribution in [1.82, 2.24) is 5.43 Å². The second-order valence-corrected chi connectivity index (χ2v) is 3.63. The van der Waals surface area contributed by atoms with E-state index in [-0.39, 0.29) is 0 Å². The Morgan fingerprint density at radius 3 is 2.50 bits per heavy atom. The van der Waals surface area contributed by atoms with Crippen LogP contribution in [0.1, 0.15) is 44.2 Å². The van der Waals surface area contributed by atoms with Crippen LogP contribution in [0.3, 0.4) is 0 Å². The van der Waals surface area contributed by atoms with Crippen LogP contribution in [0.5, 0.6) is 0 Å². The zero-order chi connectivity index (χ0) is 10.2. The molecule has 2 heteroatoms. The molecule has 0 aliphatic heterocycles. The molecule has 0 saturated carbocycles. The lowest BCUT2D eigenvalue weighted by atomic mass is 10.0. The van der Waals surface area contributed by atoms with E-state index in [1.807, 2.05) is 6.07 Å². The van der Waals surface area contributed by atoms with Gasteiger partial charge in [0.05, 0.1) is 0 Å². The van der Waals surface area contributed by atoms with E-state index in [0.717, 1.165) is 6.42 Å². The van der Waals surface area contributed by atoms with Gasteiger partial charge in [-0.15, -0.1) is 0 Å². The predicted octanol–water partition coefficient (Wildman–Crippen LogP) is 2.77. The largest absolute Gasteiger partial charge is 0.271 e. The summed E-state index contributed by atoms with van der Waals surface area (Å²) in [6, 6.07) is 10.7. The Morgan fingerprint density at radius 2 is 1.93 bits per heavy atom. The van der Waals surface area contributed by atoms with Crippen molar-refractivity contribution in [2.24, 2.45) is 5.84 Å². The van der Waals surface area contributed by atoms with Gasteiger partial charge in [0, 0.05) is 6.04 Å². The van der Waals surface area contributed by atoms with Crippen molar-refractivity contribution in [3.8, 4) is 0 Å². The fourth-order valence-electron chi connectivity index (χ4n) is 1.63. The maximum absolute atomic E-state index is 5.54. The summed E-state index contributed by atoms with van der Waals surface area (Å²) in [5.41, 5.74) is 4.16. The standard InChI is InChI=1S/C12H20N2/c1-2-3-5-10-12(14-13)11-8-6-4-7-9-11/h4,6-9,12,14H,2-3,5,10,13H2,1H3. The van der Waals surface area contributed by atoms with Gasteiger partial charge in [0.25, 0.3) is 0 Å². The number of rotatable bonds is 6. The summed E-state index contributed by atoms with van der Waals surface area (Å²) in [5, 5.41) is 0. The third kappa shape index (κ3) is 3.48. The molecule has 1 aromatic rings. The molecule has 0 aliphatic carbocycles. The first-order valence-electron chi connectivity index (χ1n) is 5.39. The van der Waals surface area contributed by atoms with E-state index in [4.69, 9.17) is 5.84 Å². The van der Waals surface area contributed by atoms with Crippen molar-refractivity contribution in [1.29, 1.82) is 0 Å². The van der Waals surface area contributed by atoms with Crippen LogP contribution in [0.4, 0.5) is 0 Å². The number of unbranched alkanes of at least 4 members (excludes halogenated alkanes) is 2. The molecule has 3 N–H and O–H groups in total. The van der Waals surface area contributed by atoms with E-state index < -0.39 is 0 Å². The zero-order valence-corrected chi connectivity index (χ0v) is 8.87. The summed E-state index contributed by atoms with van der Waals surface area (Å²) >= 11 is 0. The van der Waals surface area contributed by atoms with E-state index in [9.17, 15) is 0 Å². The summed E-state index contributed by atoms with van der Waals surface area (Å²) in [5.74, 6) is 5.54. The lowest BCUT2D eigenvalue weighted by Gasteiger charge is -2.15. The van der Waals surface area contributed by atoms with Gasteiger partial charge in [0.1, 0.15) is 0 Å². The maximum atomic E-state index is 5.54. The molecule has 0 spiro atoms. The summed E-state index contributed by atoms with van der Waals surface area (Å²) in [4.78, 5) is 0. The quantitative estimate of drug-likeness (QED) is 0.413. The lowest BCUT2D eigenvalue weighted by Crippen LogP contribution is -2.27. The van der Waals surface area contributed by atoms with Crippen LogP contribution < -0.4 is 11.3 Å². The number of benzene rings is 1. The number of hydrogen-bond donors (Lipinski definition) is 2. The second-order valence-electron chi connectivity index (χ2n) is 3.63. The van der Waals surface area contributed by atoms with Gasteiger partial charge in [0.15, 0.2) is 0 Å². The van der Waals surface area contributed by atoms with Crippen LogP contribution in [-0.4, -0.2) is 0 Å². The highest BCUT2D eigenvalue weighted by Crippen LogP contribution is 2.18. The average molecular weight is 192 g/mol. The number of nitrogens with one attached hydrogen (secondary N) is 1. The molecule has 1 rings (SSSR count). The van der Waals surface area contributed by atoms with Crippen molar-refractivity contribution in [3.05, 3.63) is 35.9 Å². The van der Waals surface area contributed by atoms with Crippen LogP contribution in [0, 0.1) is 0 Å². The maximum Gasteiger partial charge on any atom is 0.0460 e. The molecular weight excluding hydrogens is 172 g/mol. The minimum Gasteiger partial charge on any atom is -0.271 e. The van der Waals surface area contributed by atoms with E-state index in [2.05, 4.69) is 36.6 Å². The highest BCUT2D eigenvalue weighted by molar-refractivity contribution is 5.18. The van der Waals surface area contributed by atoms with Crippen LogP contribution >= 0.6 is 0 Å². The summed E-state index contributed by atoms with van der Waals surface area (Å²) in [6.45, 7) is 2.22. The van der Waals surface area contributed by atoms with Crippen molar-refractivity contribution in [2.75, 3.05) is 0 Å². The number of hydrazine groups is 1. The number of nitrogens with two attached hydrogens (primary N) is 1. The normalized spacial score (nSPS) is 12.7. The van der Waals surface area contributed by atoms with Gasteiger partial charge in [-0.1, -0.05) is 56.5 Å². The van der Waals surface area contributed by atoms with Crippen molar-refractivity contribution in [2.45, 2.75) is 38.6 Å². The Bertz CT molecular complexity index is 233. The smallest absolute Gasteiger partial charge is 0.0460 e. The molecule has 0 aliphatic rings. The molecular formula is C12H20N2. The van der Waals surface area contributed by atoms with Crippen molar-refractivity contribution in [3.63, 3.8) is 0 Å². The molecule has 2 nitrogen and oxygen atoms in total. The van der Waals surface area contributed by atoms with E-state index in [1.54, 1.807) is 0 Å². The van der Waals surface area contributed by atoms with E-state index >= 15 is 0 Å². The first-order valence-corrected chi connectivity index (χ1v) is 5.39. The third-order valence-corrected chi connectivity index (χ3v) is 2.50. The molecule has 0 aromatic heterocycles. The van der Waals surface area contributed by atoms with Gasteiger partial charge in [0.2, 0.25) is 0 Å². The Hall–Kier alpha value is -0.860. The Labute approximate surface area is 86.5 Å². The van der Waals surface area contributed by atoms with Crippen molar-refractivity contribution >= 4 is 0 Å². The van der Waals surface area contributed by atoms with Gasteiger partial charge in [-0.3, -0.25) is 11.3 Å². The molecule has 0 amide bonds. The topological polar surface area (TPSA) is 38.0 Å². The Kier molecular flexibility index (Phi) is 5.27. The molecule has 0 bridgehead atoms. The monoisotopic (exact) mass is 192 g/mol. The number of hydrogen-bond acceptors (Lipinski definition) is 2. The van der Waals surface area contributed by atoms with Gasteiger partial charge < -0.3 is 0 Å². The van der Waals surface area contributed by atoms with Gasteiger partial charge in [-0.05, 0) is 12.0 Å². The molecule has 0 radical (unpaired) electrons. The average Bonchev–Trinajstić information content (AvgIpc) is 2.26. The summed E-state index contributed by atoms with van der Waals surface area (Å²) < 4.78 is 0. The molecule has 78 valence electrons. The predicted molar refractivity (Wildman–Crippen MR) is 60.6 cm³/mol. The Morgan fingerprint density at radius 1 is 1.21 bits per heavy atom. The lowest BCUT2D eigenvalue weighted by molar-refractivity contribution is 0.487. The molecule has 0 heterocycles. The highest BCUT2D eigenvalue weighted by Gasteiger charge is 2.07. The molecule has 0 saturated heterocycles. The zero-order valence-electron chi connectivity index (χ0n) is 8.87. The summed E-state index contributed by atoms with van der Waals surface area (Å²) in [7, 11) is 0. The van der Waals surface area contributed by atoms with Gasteiger partial charge in [-0.25, -0.2) is 0 Å². The van der Waals surface area contributed by atoms with Gasteiger partial charge >= 0.3 is 0 Å². The molecule has 1 atom stereocenters. The van der Waals surface area contributed by atoms with Crippen LogP contribution in [0.2, 0.25) is 0 Å². The van der Waals surface area contributed by atoms with Crippen molar-refractivity contribution < 1.29 is 0 Å². The first-order chi connectivity index (χ1) is 6.88. The minimum absolute atomic E-state index is 0.308. The molecule has 1 aromatic carbocycles. The summed E-state index contributed by atoms with van der Waals surface area (Å²) in [6.07, 6.45) is 4.89. The molecule has 0 fully saturated rings. The van der Waals surface area contributed by atoms with E-state index in [0.29, 0.717) is 6.04 Å². The fourth-order valence-corrected chi connectivity index (χ4v) is 1.63. The third-order valence-electron chi connectivity index (χ3n) is 2.50.